The Hall–Kier alpha value is -7.60. The van der Waals surface area contributed by atoms with E-state index in [4.69, 9.17) is 12.3 Å². The van der Waals surface area contributed by atoms with Gasteiger partial charge >= 0.3 is 0 Å². The van der Waals surface area contributed by atoms with Crippen LogP contribution in [0.3, 0.4) is 0 Å². The first kappa shape index (κ1) is 32.5. The van der Waals surface area contributed by atoms with Crippen molar-refractivity contribution in [1.29, 1.82) is 0 Å². The van der Waals surface area contributed by atoms with E-state index in [9.17, 15) is 8.22 Å². The summed E-state index contributed by atoms with van der Waals surface area (Å²) < 4.78 is 139. The van der Waals surface area contributed by atoms with E-state index >= 15 is 0 Å². The molecule has 358 valence electrons. The van der Waals surface area contributed by atoms with Gasteiger partial charge in [0.15, 0.2) is 0 Å². The van der Waals surface area contributed by atoms with Gasteiger partial charge in [-0.15, -0.1) is 11.3 Å². The molecule has 2 aliphatic heterocycles. The second-order valence-corrected chi connectivity index (χ2v) is 23.1. The SMILES string of the molecule is [2H]c1c([2H])c([2H])c(-c2cc3c4c(c2)N(c2ccc(C(C)(C)C)cc2)c2c(sc5ccc(C(C)(C)C)cc25)B4c2ccc(N(c4ccccc4)c4c([2H])c([2H])c([2H])c([2H])c4[2H])cc2N3c2ccc(C(C)(C)C)cc2-c2c([2H])c([2H])c([2H])c([2H])c2[2H])c([2H])c1[2H]. The van der Waals surface area contributed by atoms with Gasteiger partial charge in [0.25, 0.3) is 6.71 Å². The van der Waals surface area contributed by atoms with Crippen LogP contribution in [0.4, 0.5) is 51.2 Å². The molecule has 5 heteroatoms. The molecule has 0 radical (unpaired) electrons. The van der Waals surface area contributed by atoms with Crippen molar-refractivity contribution in [2.75, 3.05) is 14.7 Å². The summed E-state index contributed by atoms with van der Waals surface area (Å²) in [6.45, 7) is 18.4. The van der Waals surface area contributed by atoms with Crippen molar-refractivity contribution in [3.63, 3.8) is 0 Å². The topological polar surface area (TPSA) is 9.72 Å². The first-order valence-electron chi connectivity index (χ1n) is 32.1. The van der Waals surface area contributed by atoms with Crippen LogP contribution in [0.5, 0.6) is 0 Å². The van der Waals surface area contributed by atoms with Gasteiger partial charge < -0.3 is 14.7 Å². The molecule has 0 atom stereocenters. The maximum atomic E-state index is 9.61. The average Bonchev–Trinajstić information content (AvgIpc) is 1.20. The van der Waals surface area contributed by atoms with Gasteiger partial charge in [0, 0.05) is 60.2 Å². The van der Waals surface area contributed by atoms with Crippen LogP contribution in [-0.4, -0.2) is 6.71 Å². The van der Waals surface area contributed by atoms with Crippen molar-refractivity contribution in [3.8, 4) is 22.3 Å². The number of anilines is 9. The van der Waals surface area contributed by atoms with Crippen LogP contribution in [0.25, 0.3) is 32.3 Å². The molecule has 3 heterocycles. The Labute approximate surface area is 458 Å². The van der Waals surface area contributed by atoms with E-state index in [-0.39, 0.29) is 38.8 Å². The maximum absolute atomic E-state index is 9.61. The summed E-state index contributed by atoms with van der Waals surface area (Å²) in [5, 5.41) is 0.964. The highest BCUT2D eigenvalue weighted by Gasteiger charge is 2.46. The summed E-state index contributed by atoms with van der Waals surface area (Å²) in [6, 6.07) is 31.5. The van der Waals surface area contributed by atoms with Gasteiger partial charge in [0.1, 0.15) is 0 Å². The van der Waals surface area contributed by atoms with Crippen LogP contribution in [0.1, 0.15) is 99.6 Å². The van der Waals surface area contributed by atoms with Crippen molar-refractivity contribution in [2.24, 2.45) is 0 Å². The first-order valence-corrected chi connectivity index (χ1v) is 25.5. The monoisotopic (exact) mass is 979 g/mol. The minimum absolute atomic E-state index is 0.0644. The third-order valence-corrected chi connectivity index (χ3v) is 15.4. The lowest BCUT2D eigenvalue weighted by Crippen LogP contribution is -2.60. The predicted molar refractivity (Wildman–Crippen MR) is 318 cm³/mol. The molecule has 9 aromatic carbocycles. The highest BCUT2D eigenvalue weighted by Crippen LogP contribution is 2.52. The van der Waals surface area contributed by atoms with Gasteiger partial charge in [0.2, 0.25) is 0 Å². The van der Waals surface area contributed by atoms with Gasteiger partial charge in [-0.2, -0.15) is 0 Å². The predicted octanol–water partition coefficient (Wildman–Crippen LogP) is 17.7. The average molecular weight is 979 g/mol. The van der Waals surface area contributed by atoms with Crippen LogP contribution >= 0.6 is 11.3 Å². The molecule has 0 saturated carbocycles. The zero-order valence-electron chi connectivity index (χ0n) is 57.4. The van der Waals surface area contributed by atoms with E-state index in [0.29, 0.717) is 34.1 Å². The lowest BCUT2D eigenvalue weighted by Gasteiger charge is -2.44. The molecule has 0 saturated heterocycles. The fourth-order valence-corrected chi connectivity index (χ4v) is 11.7. The Morgan fingerprint density at radius 1 is 0.452 bits per heavy atom. The second-order valence-electron chi connectivity index (χ2n) is 22.0. The molecule has 0 amide bonds. The highest BCUT2D eigenvalue weighted by atomic mass is 32.1. The third-order valence-electron chi connectivity index (χ3n) is 14.1. The van der Waals surface area contributed by atoms with E-state index < -0.39 is 103 Å². The Balaban J connectivity index is 1.31. The summed E-state index contributed by atoms with van der Waals surface area (Å²) in [5.41, 5.74) is 8.18. The number of nitrogens with zero attached hydrogens (tertiary/aromatic N) is 3. The van der Waals surface area contributed by atoms with Crippen LogP contribution in [0.2, 0.25) is 0 Å². The van der Waals surface area contributed by atoms with Crippen molar-refractivity contribution in [1.82, 2.24) is 0 Å². The fourth-order valence-electron chi connectivity index (χ4n) is 10.4. The van der Waals surface area contributed by atoms with E-state index in [1.54, 1.807) is 40.5 Å². The first-order chi connectivity index (χ1) is 41.3. The van der Waals surface area contributed by atoms with Crippen molar-refractivity contribution >= 4 is 95.0 Å². The Kier molecular flexibility index (Phi) is 7.81. The third kappa shape index (κ3) is 8.15. The Morgan fingerprint density at radius 3 is 1.67 bits per heavy atom. The van der Waals surface area contributed by atoms with Crippen LogP contribution in [0.15, 0.2) is 212 Å². The molecular weight excluding hydrogens is 902 g/mol. The molecule has 10 aromatic rings. The summed E-state index contributed by atoms with van der Waals surface area (Å²) in [7, 11) is 0. The van der Waals surface area contributed by atoms with Crippen molar-refractivity contribution < 1.29 is 20.6 Å². The molecule has 12 rings (SSSR count). The van der Waals surface area contributed by atoms with Crippen molar-refractivity contribution in [3.05, 3.63) is 229 Å². The quantitative estimate of drug-likeness (QED) is 0.147. The molecule has 0 unspecified atom stereocenters. The zero-order chi connectivity index (χ0) is 63.4. The molecule has 0 bridgehead atoms. The van der Waals surface area contributed by atoms with E-state index in [0.717, 1.165) is 53.9 Å². The highest BCUT2D eigenvalue weighted by molar-refractivity contribution is 7.33. The molecule has 0 fully saturated rings. The number of hydrogen-bond acceptors (Lipinski definition) is 4. The number of rotatable bonds is 7. The smallest absolute Gasteiger partial charge is 0.264 e. The maximum Gasteiger partial charge on any atom is 0.264 e. The molecule has 0 aliphatic carbocycles. The Morgan fingerprint density at radius 2 is 1.03 bits per heavy atom. The van der Waals surface area contributed by atoms with E-state index in [1.165, 1.54) is 0 Å². The lowest BCUT2D eigenvalue weighted by atomic mass is 9.36. The van der Waals surface area contributed by atoms with Gasteiger partial charge in [-0.05, 0) is 145 Å². The molecular formula is C68H62BN3S. The lowest BCUT2D eigenvalue weighted by molar-refractivity contribution is 0.590. The van der Waals surface area contributed by atoms with Gasteiger partial charge in [-0.1, -0.05) is 189 Å². The second kappa shape index (κ2) is 17.6. The molecule has 0 N–H and O–H groups in total. The largest absolute Gasteiger partial charge is 0.311 e. The van der Waals surface area contributed by atoms with E-state index in [2.05, 4.69) is 88.9 Å². The van der Waals surface area contributed by atoms with Crippen LogP contribution in [-0.2, 0) is 16.2 Å². The van der Waals surface area contributed by atoms with Gasteiger partial charge in [-0.25, -0.2) is 0 Å². The summed E-state index contributed by atoms with van der Waals surface area (Å²) in [6.07, 6.45) is 0. The molecule has 2 aliphatic rings. The van der Waals surface area contributed by atoms with Gasteiger partial charge in [-0.3, -0.25) is 0 Å². The number of hydrogen-bond donors (Lipinski definition) is 0. The molecule has 3 nitrogen and oxygen atoms in total. The number of thiophene rings is 1. The standard InChI is InChI=1S/C68H62BN3S/c1-66(2,3)48-30-34-53(35-31-48)71-60-40-47(45-22-14-10-15-23-45)41-61-63(60)69(65-64(71)56-43-50(68(7,8)9)33-39-62(56)73-65)57-37-36-54(70(51-26-18-12-19-27-51)52-28-20-13-21-29-52)44-59(57)72(61)58-38-32-49(67(4,5)6)42-55(58)46-24-16-11-17-25-46/h10-44H,1-9H3/i10D,11D,12D,14D,15D,16D,17D,18D,19D,22D,23D,24D,25D,26D,27D. The van der Waals surface area contributed by atoms with E-state index in [1.807, 2.05) is 80.3 Å². The number of fused-ring (bicyclic) bond motifs is 6. The zero-order valence-corrected chi connectivity index (χ0v) is 43.2. The molecule has 73 heavy (non-hydrogen) atoms. The van der Waals surface area contributed by atoms with Crippen LogP contribution in [0, 0.1) is 0 Å². The summed E-state index contributed by atoms with van der Waals surface area (Å²) in [5.74, 6) is 0. The minimum Gasteiger partial charge on any atom is -0.311 e. The molecule has 1 aromatic heterocycles. The summed E-state index contributed by atoms with van der Waals surface area (Å²) in [4.78, 5) is 5.80. The fraction of sp³-hybridized carbons (Fsp3) is 0.176. The normalized spacial score (nSPS) is 16.1. The van der Waals surface area contributed by atoms with Crippen LogP contribution < -0.4 is 30.4 Å². The number of benzene rings is 9. The van der Waals surface area contributed by atoms with Gasteiger partial charge in [0.05, 0.1) is 31.9 Å². The van der Waals surface area contributed by atoms with Crippen molar-refractivity contribution in [2.45, 2.75) is 78.6 Å². The number of para-hydroxylation sites is 2. The molecule has 0 spiro atoms. The Bertz CT molecular complexity index is 4520. The summed E-state index contributed by atoms with van der Waals surface area (Å²) >= 11 is 1.64. The minimum atomic E-state index is -0.612.